The number of rotatable bonds is 2. The Kier molecular flexibility index (Phi) is 3.03. The molecule has 0 aliphatic heterocycles. The van der Waals surface area contributed by atoms with Crippen LogP contribution in [0.2, 0.25) is 0 Å². The first kappa shape index (κ1) is 11.5. The molecule has 0 aliphatic carbocycles. The average molecular weight is 243 g/mol. The summed E-state index contributed by atoms with van der Waals surface area (Å²) < 4.78 is 0. The van der Waals surface area contributed by atoms with Crippen LogP contribution in [0.1, 0.15) is 0 Å². The number of hydrogen-bond donors (Lipinski definition) is 1. The van der Waals surface area contributed by atoms with E-state index in [4.69, 9.17) is 5.73 Å². The minimum atomic E-state index is 0.775. The van der Waals surface area contributed by atoms with Crippen LogP contribution in [0.3, 0.4) is 0 Å². The standard InChI is InChI=1S/C18H13N/c19-16-12-10-15(11-13-16)18-9-5-4-8-17(18)14-6-2-1-3-7-14/h1-6,9-13H,19H2. The zero-order valence-electron chi connectivity index (χ0n) is 10.4. The second-order valence-corrected chi connectivity index (χ2v) is 4.36. The van der Waals surface area contributed by atoms with E-state index in [9.17, 15) is 0 Å². The summed E-state index contributed by atoms with van der Waals surface area (Å²) in [7, 11) is 0. The first-order valence-electron chi connectivity index (χ1n) is 6.18. The molecule has 0 spiro atoms. The SMILES string of the molecule is Nc1ccc(-c2ccc[c]c2-c2[c]cccc2)cc1. The third-order valence-electron chi connectivity index (χ3n) is 3.06. The number of hydrogen-bond acceptors (Lipinski definition) is 1. The minimum absolute atomic E-state index is 0.775. The highest BCUT2D eigenvalue weighted by atomic mass is 14.5. The van der Waals surface area contributed by atoms with Crippen molar-refractivity contribution in [1.82, 2.24) is 0 Å². The Morgan fingerprint density at radius 3 is 2.26 bits per heavy atom. The van der Waals surface area contributed by atoms with Crippen LogP contribution in [0, 0.1) is 12.1 Å². The molecule has 0 fully saturated rings. The van der Waals surface area contributed by atoms with Crippen LogP contribution in [-0.4, -0.2) is 0 Å². The van der Waals surface area contributed by atoms with Crippen LogP contribution in [-0.2, 0) is 0 Å². The molecule has 0 heterocycles. The summed E-state index contributed by atoms with van der Waals surface area (Å²) in [4.78, 5) is 0. The quantitative estimate of drug-likeness (QED) is 0.670. The summed E-state index contributed by atoms with van der Waals surface area (Å²) in [5.41, 5.74) is 10.9. The van der Waals surface area contributed by atoms with Gasteiger partial charge in [-0.3, -0.25) is 0 Å². The van der Waals surface area contributed by atoms with Crippen LogP contribution >= 0.6 is 0 Å². The van der Waals surface area contributed by atoms with Gasteiger partial charge in [-0.2, -0.15) is 0 Å². The highest BCUT2D eigenvalue weighted by Crippen LogP contribution is 2.31. The normalized spacial score (nSPS) is 10.3. The summed E-state index contributed by atoms with van der Waals surface area (Å²) in [6.07, 6.45) is 0. The number of nitrogens with two attached hydrogens (primary N) is 1. The molecule has 2 radical (unpaired) electrons. The van der Waals surface area contributed by atoms with Crippen molar-refractivity contribution in [3.05, 3.63) is 78.9 Å². The van der Waals surface area contributed by atoms with Crippen molar-refractivity contribution in [3.8, 4) is 22.3 Å². The van der Waals surface area contributed by atoms with E-state index < -0.39 is 0 Å². The monoisotopic (exact) mass is 243 g/mol. The lowest BCUT2D eigenvalue weighted by molar-refractivity contribution is 1.57. The third-order valence-corrected chi connectivity index (χ3v) is 3.06. The zero-order valence-corrected chi connectivity index (χ0v) is 10.4. The molecular weight excluding hydrogens is 230 g/mol. The molecule has 0 aromatic heterocycles. The Balaban J connectivity index is 2.15. The molecule has 3 rings (SSSR count). The molecule has 19 heavy (non-hydrogen) atoms. The zero-order chi connectivity index (χ0) is 13.1. The Morgan fingerprint density at radius 2 is 1.53 bits per heavy atom. The fraction of sp³-hybridized carbons (Fsp3) is 0. The van der Waals surface area contributed by atoms with E-state index in [0.29, 0.717) is 0 Å². The number of nitrogen functional groups attached to an aromatic ring is 1. The van der Waals surface area contributed by atoms with Gasteiger partial charge in [0.2, 0.25) is 0 Å². The van der Waals surface area contributed by atoms with Gasteiger partial charge in [0.1, 0.15) is 0 Å². The lowest BCUT2D eigenvalue weighted by atomic mass is 9.95. The second-order valence-electron chi connectivity index (χ2n) is 4.36. The van der Waals surface area contributed by atoms with Crippen molar-refractivity contribution < 1.29 is 0 Å². The topological polar surface area (TPSA) is 26.0 Å². The summed E-state index contributed by atoms with van der Waals surface area (Å²) in [5, 5.41) is 0. The van der Waals surface area contributed by atoms with Gasteiger partial charge in [-0.05, 0) is 46.5 Å². The lowest BCUT2D eigenvalue weighted by Crippen LogP contribution is -1.87. The van der Waals surface area contributed by atoms with Gasteiger partial charge in [0.25, 0.3) is 0 Å². The molecule has 1 nitrogen and oxygen atoms in total. The average Bonchev–Trinajstić information content (AvgIpc) is 2.49. The van der Waals surface area contributed by atoms with Gasteiger partial charge in [0, 0.05) is 5.69 Å². The van der Waals surface area contributed by atoms with Crippen LogP contribution < -0.4 is 5.73 Å². The van der Waals surface area contributed by atoms with Gasteiger partial charge >= 0.3 is 0 Å². The highest BCUT2D eigenvalue weighted by molar-refractivity contribution is 5.83. The smallest absolute Gasteiger partial charge is 0.0314 e. The Labute approximate surface area is 113 Å². The van der Waals surface area contributed by atoms with Gasteiger partial charge in [-0.15, -0.1) is 0 Å². The molecule has 3 aromatic carbocycles. The van der Waals surface area contributed by atoms with Crippen LogP contribution in [0.15, 0.2) is 66.7 Å². The van der Waals surface area contributed by atoms with Gasteiger partial charge in [0.15, 0.2) is 0 Å². The van der Waals surface area contributed by atoms with Crippen molar-refractivity contribution in [1.29, 1.82) is 0 Å². The van der Waals surface area contributed by atoms with Crippen LogP contribution in [0.4, 0.5) is 5.69 Å². The highest BCUT2D eigenvalue weighted by Gasteiger charge is 2.06. The largest absolute Gasteiger partial charge is 0.399 e. The first-order chi connectivity index (χ1) is 9.34. The number of benzene rings is 3. The summed E-state index contributed by atoms with van der Waals surface area (Å²) in [6, 6.07) is 28.4. The van der Waals surface area contributed by atoms with Gasteiger partial charge in [0.05, 0.1) is 0 Å². The molecule has 0 aliphatic rings. The summed E-state index contributed by atoms with van der Waals surface area (Å²) >= 11 is 0. The van der Waals surface area contributed by atoms with Crippen molar-refractivity contribution in [2.45, 2.75) is 0 Å². The van der Waals surface area contributed by atoms with Crippen molar-refractivity contribution in [2.75, 3.05) is 5.73 Å². The molecular formula is C18H13N. The first-order valence-corrected chi connectivity index (χ1v) is 6.18. The maximum Gasteiger partial charge on any atom is 0.0314 e. The van der Waals surface area contributed by atoms with Crippen molar-refractivity contribution in [2.24, 2.45) is 0 Å². The van der Waals surface area contributed by atoms with E-state index in [1.807, 2.05) is 60.7 Å². The Morgan fingerprint density at radius 1 is 0.737 bits per heavy atom. The van der Waals surface area contributed by atoms with E-state index >= 15 is 0 Å². The molecule has 90 valence electrons. The Hall–Kier alpha value is -2.54. The fourth-order valence-electron chi connectivity index (χ4n) is 2.11. The number of anilines is 1. The van der Waals surface area contributed by atoms with Gasteiger partial charge in [-0.25, -0.2) is 0 Å². The fourth-order valence-corrected chi connectivity index (χ4v) is 2.11. The molecule has 0 atom stereocenters. The van der Waals surface area contributed by atoms with Crippen molar-refractivity contribution >= 4 is 5.69 Å². The molecule has 1 heteroatoms. The van der Waals surface area contributed by atoms with Gasteiger partial charge < -0.3 is 5.73 Å². The summed E-state index contributed by atoms with van der Waals surface area (Å²) in [5.74, 6) is 0. The summed E-state index contributed by atoms with van der Waals surface area (Å²) in [6.45, 7) is 0. The molecule has 0 unspecified atom stereocenters. The van der Waals surface area contributed by atoms with Crippen molar-refractivity contribution in [3.63, 3.8) is 0 Å². The molecule has 2 N–H and O–H groups in total. The second kappa shape index (κ2) is 4.99. The predicted octanol–water partition coefficient (Wildman–Crippen LogP) is 4.20. The van der Waals surface area contributed by atoms with Gasteiger partial charge in [-0.1, -0.05) is 54.6 Å². The van der Waals surface area contributed by atoms with Crippen LogP contribution in [0.5, 0.6) is 0 Å². The van der Waals surface area contributed by atoms with E-state index in [2.05, 4.69) is 18.2 Å². The maximum absolute atomic E-state index is 5.74. The maximum atomic E-state index is 5.74. The molecule has 0 saturated carbocycles. The van der Waals surface area contributed by atoms with E-state index in [1.165, 1.54) is 0 Å². The van der Waals surface area contributed by atoms with E-state index in [1.54, 1.807) is 0 Å². The molecule has 0 bridgehead atoms. The van der Waals surface area contributed by atoms with E-state index in [-0.39, 0.29) is 0 Å². The van der Waals surface area contributed by atoms with Crippen LogP contribution in [0.25, 0.3) is 22.3 Å². The molecule has 0 amide bonds. The lowest BCUT2D eigenvalue weighted by Gasteiger charge is -2.09. The van der Waals surface area contributed by atoms with E-state index in [0.717, 1.165) is 27.9 Å². The minimum Gasteiger partial charge on any atom is -0.399 e. The molecule has 0 saturated heterocycles. The Bertz CT molecular complexity index is 670. The third kappa shape index (κ3) is 2.36. The predicted molar refractivity (Wildman–Crippen MR) is 79.4 cm³/mol. The molecule has 3 aromatic rings.